The van der Waals surface area contributed by atoms with Gasteiger partial charge in [0.1, 0.15) is 17.2 Å². The Morgan fingerprint density at radius 2 is 1.53 bits per heavy atom. The van der Waals surface area contributed by atoms with Crippen LogP contribution < -0.4 is 10.6 Å². The second-order valence-electron chi connectivity index (χ2n) is 8.10. The first-order valence-electron chi connectivity index (χ1n) is 11.0. The lowest BCUT2D eigenvalue weighted by molar-refractivity contribution is -0.137. The molecule has 0 unspecified atom stereocenters. The van der Waals surface area contributed by atoms with Gasteiger partial charge in [-0.25, -0.2) is 13.6 Å². The van der Waals surface area contributed by atoms with E-state index in [1.54, 1.807) is 33.8 Å². The zero-order valence-corrected chi connectivity index (χ0v) is 20.6. The number of benzene rings is 2. The molecule has 0 aromatic heterocycles. The second kappa shape index (κ2) is 15.3. The Morgan fingerprint density at radius 3 is 2.03 bits per heavy atom. The summed E-state index contributed by atoms with van der Waals surface area (Å²) in [6, 6.07) is 8.63. The average Bonchev–Trinajstić information content (AvgIpc) is 2.70. The van der Waals surface area contributed by atoms with Crippen molar-refractivity contribution in [3.05, 3.63) is 70.8 Å². The van der Waals surface area contributed by atoms with E-state index in [-0.39, 0.29) is 0 Å². The molecule has 0 saturated carbocycles. The summed E-state index contributed by atoms with van der Waals surface area (Å²) in [6.45, 7) is 12.3. The van der Waals surface area contributed by atoms with Crippen LogP contribution in [0.25, 0.3) is 0 Å². The van der Waals surface area contributed by atoms with Crippen molar-refractivity contribution in [2.24, 2.45) is 0 Å². The molecule has 1 amide bonds. The summed E-state index contributed by atoms with van der Waals surface area (Å²) in [5, 5.41) is 5.66. The third-order valence-corrected chi connectivity index (χ3v) is 3.79. The van der Waals surface area contributed by atoms with Crippen LogP contribution in [-0.4, -0.2) is 24.8 Å². The SMILES string of the molecule is CC.CC(C)(C)OC(=O)NCCCNCc1cccc(C(F)(F)F)c1.Cc1cc(F)cc(F)c1. The monoisotopic (exact) mass is 490 g/mol. The first kappa shape index (κ1) is 31.3. The Hall–Kier alpha value is -2.68. The number of nitrogens with one attached hydrogen (secondary N) is 2. The predicted octanol–water partition coefficient (Wildman–Crippen LogP) is 7.01. The number of aryl methyl sites for hydroxylation is 1. The average molecular weight is 491 g/mol. The molecule has 34 heavy (non-hydrogen) atoms. The zero-order valence-electron chi connectivity index (χ0n) is 20.6. The van der Waals surface area contributed by atoms with Gasteiger partial charge in [-0.3, -0.25) is 0 Å². The lowest BCUT2D eigenvalue weighted by atomic mass is 10.1. The fourth-order valence-electron chi connectivity index (χ4n) is 2.50. The van der Waals surface area contributed by atoms with Crippen LogP contribution in [-0.2, 0) is 17.5 Å². The molecule has 9 heteroatoms. The molecule has 0 saturated heterocycles. The highest BCUT2D eigenvalue weighted by Crippen LogP contribution is 2.29. The summed E-state index contributed by atoms with van der Waals surface area (Å²) in [5.41, 5.74) is -0.0120. The molecule has 2 aromatic rings. The number of amides is 1. The zero-order chi connectivity index (χ0) is 26.4. The molecule has 0 aliphatic rings. The second-order valence-corrected chi connectivity index (χ2v) is 8.10. The molecular formula is C25H35F5N2O2. The van der Waals surface area contributed by atoms with Crippen LogP contribution in [0.2, 0.25) is 0 Å². The third kappa shape index (κ3) is 15.2. The lowest BCUT2D eigenvalue weighted by Crippen LogP contribution is -2.33. The molecular weight excluding hydrogens is 455 g/mol. The van der Waals surface area contributed by atoms with E-state index in [9.17, 15) is 26.7 Å². The van der Waals surface area contributed by atoms with Crippen molar-refractivity contribution >= 4 is 6.09 Å². The van der Waals surface area contributed by atoms with E-state index in [0.717, 1.165) is 18.2 Å². The Kier molecular flexibility index (Phi) is 14.1. The highest BCUT2D eigenvalue weighted by Gasteiger charge is 2.30. The van der Waals surface area contributed by atoms with E-state index < -0.39 is 35.1 Å². The van der Waals surface area contributed by atoms with Crippen LogP contribution in [0.5, 0.6) is 0 Å². The molecule has 0 bridgehead atoms. The first-order chi connectivity index (χ1) is 15.8. The standard InChI is InChI=1S/C16H23F3N2O2.C7H6F2.C2H6/c1-15(2,3)23-14(22)21-9-5-8-20-11-12-6-4-7-13(10-12)16(17,18)19;1-5-2-6(8)4-7(9)3-5;1-2/h4,6-7,10,20H,5,8-9,11H2,1-3H3,(H,21,22);2-4H,1H3;1-2H3. The van der Waals surface area contributed by atoms with Crippen LogP contribution in [0.1, 0.15) is 57.7 Å². The molecule has 192 valence electrons. The Labute approximate surface area is 198 Å². The van der Waals surface area contributed by atoms with Crippen molar-refractivity contribution in [1.29, 1.82) is 0 Å². The minimum atomic E-state index is -4.33. The van der Waals surface area contributed by atoms with Crippen LogP contribution in [0.3, 0.4) is 0 Å². The van der Waals surface area contributed by atoms with E-state index in [0.29, 0.717) is 37.2 Å². The highest BCUT2D eigenvalue weighted by atomic mass is 19.4. The van der Waals surface area contributed by atoms with Crippen LogP contribution in [0, 0.1) is 18.6 Å². The first-order valence-corrected chi connectivity index (χ1v) is 11.0. The molecule has 2 N–H and O–H groups in total. The van der Waals surface area contributed by atoms with Crippen LogP contribution in [0.15, 0.2) is 42.5 Å². The van der Waals surface area contributed by atoms with Gasteiger partial charge >= 0.3 is 12.3 Å². The largest absolute Gasteiger partial charge is 0.444 e. The summed E-state index contributed by atoms with van der Waals surface area (Å²) >= 11 is 0. The normalized spacial score (nSPS) is 10.9. The number of carbonyl (C=O) groups is 1. The fourth-order valence-corrected chi connectivity index (χ4v) is 2.50. The summed E-state index contributed by atoms with van der Waals surface area (Å²) in [6.07, 6.45) is -4.15. The van der Waals surface area contributed by atoms with Gasteiger partial charge in [-0.05, 0) is 70.0 Å². The molecule has 0 heterocycles. The quantitative estimate of drug-likeness (QED) is 0.338. The number of alkyl halides is 3. The van der Waals surface area contributed by atoms with Gasteiger partial charge in [0.05, 0.1) is 5.56 Å². The predicted molar refractivity (Wildman–Crippen MR) is 124 cm³/mol. The molecule has 2 rings (SSSR count). The summed E-state index contributed by atoms with van der Waals surface area (Å²) in [7, 11) is 0. The van der Waals surface area contributed by atoms with Crippen molar-refractivity contribution in [3.8, 4) is 0 Å². The number of hydrogen-bond acceptors (Lipinski definition) is 3. The molecule has 0 aliphatic carbocycles. The highest BCUT2D eigenvalue weighted by molar-refractivity contribution is 5.67. The van der Waals surface area contributed by atoms with Crippen molar-refractivity contribution in [3.63, 3.8) is 0 Å². The minimum Gasteiger partial charge on any atom is -0.444 e. The minimum absolute atomic E-state index is 0.344. The summed E-state index contributed by atoms with van der Waals surface area (Å²) in [5.74, 6) is -1.04. The molecule has 4 nitrogen and oxygen atoms in total. The number of hydrogen-bond donors (Lipinski definition) is 2. The van der Waals surface area contributed by atoms with Gasteiger partial charge in [-0.15, -0.1) is 0 Å². The molecule has 0 fully saturated rings. The Morgan fingerprint density at radius 1 is 0.941 bits per heavy atom. The molecule has 0 spiro atoms. The molecule has 2 aromatic carbocycles. The van der Waals surface area contributed by atoms with E-state index in [4.69, 9.17) is 4.74 Å². The fraction of sp³-hybridized carbons (Fsp3) is 0.480. The maximum Gasteiger partial charge on any atom is 0.416 e. The summed E-state index contributed by atoms with van der Waals surface area (Å²) in [4.78, 5) is 11.4. The molecule has 0 atom stereocenters. The van der Waals surface area contributed by atoms with Crippen molar-refractivity contribution < 1.29 is 31.5 Å². The number of carbonyl (C=O) groups excluding carboxylic acids is 1. The van der Waals surface area contributed by atoms with Gasteiger partial charge in [-0.2, -0.15) is 13.2 Å². The maximum atomic E-state index is 12.6. The number of rotatable bonds is 6. The van der Waals surface area contributed by atoms with Crippen molar-refractivity contribution in [2.75, 3.05) is 13.1 Å². The van der Waals surface area contributed by atoms with E-state index in [1.165, 1.54) is 18.2 Å². The van der Waals surface area contributed by atoms with E-state index in [1.807, 2.05) is 13.8 Å². The molecule has 0 radical (unpaired) electrons. The smallest absolute Gasteiger partial charge is 0.416 e. The van der Waals surface area contributed by atoms with Gasteiger partial charge in [0.15, 0.2) is 0 Å². The summed E-state index contributed by atoms with van der Waals surface area (Å²) < 4.78 is 67.2. The van der Waals surface area contributed by atoms with Crippen molar-refractivity contribution in [2.45, 2.75) is 66.3 Å². The Bertz CT molecular complexity index is 815. The topological polar surface area (TPSA) is 50.4 Å². The van der Waals surface area contributed by atoms with Gasteiger partial charge in [-0.1, -0.05) is 32.0 Å². The van der Waals surface area contributed by atoms with Crippen molar-refractivity contribution in [1.82, 2.24) is 10.6 Å². The maximum absolute atomic E-state index is 12.6. The number of halogens is 5. The van der Waals surface area contributed by atoms with Crippen LogP contribution in [0.4, 0.5) is 26.7 Å². The number of alkyl carbamates (subject to hydrolysis) is 1. The van der Waals surface area contributed by atoms with E-state index in [2.05, 4.69) is 10.6 Å². The Balaban J connectivity index is 0.000000819. The van der Waals surface area contributed by atoms with E-state index >= 15 is 0 Å². The molecule has 0 aliphatic heterocycles. The lowest BCUT2D eigenvalue weighted by Gasteiger charge is -2.19. The van der Waals surface area contributed by atoms with Gasteiger partial charge in [0.2, 0.25) is 0 Å². The third-order valence-electron chi connectivity index (χ3n) is 3.79. The van der Waals surface area contributed by atoms with Gasteiger partial charge in [0, 0.05) is 19.2 Å². The number of ether oxygens (including phenoxy) is 1. The van der Waals surface area contributed by atoms with Gasteiger partial charge in [0.25, 0.3) is 0 Å². The van der Waals surface area contributed by atoms with Crippen LogP contribution >= 0.6 is 0 Å². The van der Waals surface area contributed by atoms with Gasteiger partial charge < -0.3 is 15.4 Å².